The van der Waals surface area contributed by atoms with Crippen molar-refractivity contribution in [3.05, 3.63) is 66.2 Å². The second kappa shape index (κ2) is 8.19. The third kappa shape index (κ3) is 4.14. The number of carbonyl (C=O) groups excluding carboxylic acids is 1. The number of hydrogen-bond donors (Lipinski definition) is 1. The first-order valence-electron chi connectivity index (χ1n) is 8.53. The molecule has 2 aromatic carbocycles. The van der Waals surface area contributed by atoms with Gasteiger partial charge in [0.15, 0.2) is 11.0 Å². The van der Waals surface area contributed by atoms with Crippen molar-refractivity contribution in [2.24, 2.45) is 7.05 Å². The Morgan fingerprint density at radius 2 is 1.62 bits per heavy atom. The zero-order valence-electron chi connectivity index (χ0n) is 15.1. The van der Waals surface area contributed by atoms with Crippen LogP contribution in [0.5, 0.6) is 0 Å². The molecular weight excluding hydrogens is 344 g/mol. The van der Waals surface area contributed by atoms with Gasteiger partial charge in [-0.25, -0.2) is 0 Å². The van der Waals surface area contributed by atoms with Gasteiger partial charge in [0.2, 0.25) is 5.91 Å². The lowest BCUT2D eigenvalue weighted by atomic mass is 10.1. The quantitative estimate of drug-likeness (QED) is 0.674. The first kappa shape index (κ1) is 18.2. The van der Waals surface area contributed by atoms with Gasteiger partial charge >= 0.3 is 0 Å². The van der Waals surface area contributed by atoms with Crippen molar-refractivity contribution >= 4 is 17.7 Å². The Hall–Kier alpha value is -2.60. The average molecular weight is 366 g/mol. The van der Waals surface area contributed by atoms with Crippen LogP contribution >= 0.6 is 11.8 Å². The monoisotopic (exact) mass is 366 g/mol. The van der Waals surface area contributed by atoms with Gasteiger partial charge in [-0.05, 0) is 19.4 Å². The van der Waals surface area contributed by atoms with Gasteiger partial charge in [0.1, 0.15) is 0 Å². The van der Waals surface area contributed by atoms with Crippen molar-refractivity contribution < 1.29 is 4.79 Å². The molecule has 0 bridgehead atoms. The van der Waals surface area contributed by atoms with Crippen LogP contribution in [0.3, 0.4) is 0 Å². The van der Waals surface area contributed by atoms with Gasteiger partial charge in [0.05, 0.1) is 11.3 Å². The van der Waals surface area contributed by atoms with Crippen LogP contribution in [0.4, 0.5) is 0 Å². The summed E-state index contributed by atoms with van der Waals surface area (Å²) in [4.78, 5) is 12.5. The molecule has 0 saturated carbocycles. The number of nitrogens with zero attached hydrogens (tertiary/aromatic N) is 3. The van der Waals surface area contributed by atoms with Crippen LogP contribution in [0.2, 0.25) is 0 Å². The molecule has 0 aliphatic carbocycles. The van der Waals surface area contributed by atoms with Crippen LogP contribution in [0.1, 0.15) is 25.5 Å². The zero-order chi connectivity index (χ0) is 18.5. The fourth-order valence-electron chi connectivity index (χ4n) is 2.62. The molecule has 0 spiro atoms. The van der Waals surface area contributed by atoms with Crippen molar-refractivity contribution in [3.8, 4) is 11.4 Å². The van der Waals surface area contributed by atoms with Gasteiger partial charge in [0, 0.05) is 12.6 Å². The van der Waals surface area contributed by atoms with E-state index in [1.807, 2.05) is 86.1 Å². The predicted molar refractivity (Wildman–Crippen MR) is 105 cm³/mol. The Bertz CT molecular complexity index is 864. The highest BCUT2D eigenvalue weighted by Crippen LogP contribution is 2.26. The van der Waals surface area contributed by atoms with E-state index in [0.29, 0.717) is 0 Å². The lowest BCUT2D eigenvalue weighted by Gasteiger charge is -2.17. The molecule has 0 saturated heterocycles. The van der Waals surface area contributed by atoms with E-state index in [-0.39, 0.29) is 17.2 Å². The van der Waals surface area contributed by atoms with Crippen LogP contribution in [-0.4, -0.2) is 25.9 Å². The van der Waals surface area contributed by atoms with E-state index in [0.717, 1.165) is 22.1 Å². The molecule has 1 aromatic heterocycles. The van der Waals surface area contributed by atoms with E-state index in [9.17, 15) is 4.79 Å². The highest BCUT2D eigenvalue weighted by molar-refractivity contribution is 8.00. The van der Waals surface area contributed by atoms with E-state index in [1.54, 1.807) is 0 Å². The van der Waals surface area contributed by atoms with Crippen LogP contribution in [0.25, 0.3) is 11.4 Å². The molecule has 0 aliphatic heterocycles. The van der Waals surface area contributed by atoms with Crippen molar-refractivity contribution in [2.75, 3.05) is 0 Å². The SMILES string of the molecule is CC(Sc1nnc(-c2ccccc2)n1C)C(=O)NC(C)c1ccccc1. The van der Waals surface area contributed by atoms with Crippen LogP contribution in [0.15, 0.2) is 65.8 Å². The minimum absolute atomic E-state index is 0.0179. The second-order valence-electron chi connectivity index (χ2n) is 6.13. The molecule has 5 nitrogen and oxygen atoms in total. The van der Waals surface area contributed by atoms with E-state index in [1.165, 1.54) is 11.8 Å². The molecule has 6 heteroatoms. The molecule has 134 valence electrons. The van der Waals surface area contributed by atoms with Crippen molar-refractivity contribution in [1.29, 1.82) is 0 Å². The highest BCUT2D eigenvalue weighted by Gasteiger charge is 2.20. The Kier molecular flexibility index (Phi) is 5.73. The van der Waals surface area contributed by atoms with Gasteiger partial charge in [0.25, 0.3) is 0 Å². The zero-order valence-corrected chi connectivity index (χ0v) is 15.9. The number of carbonyl (C=O) groups is 1. The summed E-state index contributed by atoms with van der Waals surface area (Å²) in [6, 6.07) is 19.8. The maximum Gasteiger partial charge on any atom is 0.233 e. The summed E-state index contributed by atoms with van der Waals surface area (Å²) in [6.45, 7) is 3.87. The molecule has 1 heterocycles. The number of aromatic nitrogens is 3. The smallest absolute Gasteiger partial charge is 0.233 e. The number of benzene rings is 2. The standard InChI is InChI=1S/C20H22N4OS/c1-14(16-10-6-4-7-11-16)21-19(25)15(2)26-20-23-22-18(24(20)3)17-12-8-5-9-13-17/h4-15H,1-3H3,(H,21,25). The van der Waals surface area contributed by atoms with Gasteiger partial charge < -0.3 is 9.88 Å². The number of thioether (sulfide) groups is 1. The van der Waals surface area contributed by atoms with Crippen LogP contribution in [-0.2, 0) is 11.8 Å². The third-order valence-corrected chi connectivity index (χ3v) is 5.31. The molecule has 0 fully saturated rings. The summed E-state index contributed by atoms with van der Waals surface area (Å²) in [5.74, 6) is 0.772. The van der Waals surface area contributed by atoms with E-state index >= 15 is 0 Å². The summed E-state index contributed by atoms with van der Waals surface area (Å²) < 4.78 is 1.92. The van der Waals surface area contributed by atoms with Crippen molar-refractivity contribution in [3.63, 3.8) is 0 Å². The number of hydrogen-bond acceptors (Lipinski definition) is 4. The number of nitrogens with one attached hydrogen (secondary N) is 1. The van der Waals surface area contributed by atoms with Gasteiger partial charge in [-0.3, -0.25) is 4.79 Å². The highest BCUT2D eigenvalue weighted by atomic mass is 32.2. The second-order valence-corrected chi connectivity index (χ2v) is 7.44. The molecule has 2 atom stereocenters. The minimum atomic E-state index is -0.271. The molecule has 3 aromatic rings. The van der Waals surface area contributed by atoms with Crippen molar-refractivity contribution in [1.82, 2.24) is 20.1 Å². The lowest BCUT2D eigenvalue weighted by molar-refractivity contribution is -0.120. The molecule has 0 radical (unpaired) electrons. The molecular formula is C20H22N4OS. The van der Waals surface area contributed by atoms with Crippen LogP contribution in [0, 0.1) is 0 Å². The lowest BCUT2D eigenvalue weighted by Crippen LogP contribution is -2.33. The van der Waals surface area contributed by atoms with E-state index < -0.39 is 0 Å². The minimum Gasteiger partial charge on any atom is -0.349 e. The molecule has 2 unspecified atom stereocenters. The maximum atomic E-state index is 12.5. The summed E-state index contributed by atoms with van der Waals surface area (Å²) in [5, 5.41) is 12.0. The summed E-state index contributed by atoms with van der Waals surface area (Å²) in [7, 11) is 1.92. The number of amides is 1. The van der Waals surface area contributed by atoms with Gasteiger partial charge in [-0.15, -0.1) is 10.2 Å². The number of rotatable bonds is 6. The largest absolute Gasteiger partial charge is 0.349 e. The molecule has 0 aliphatic rings. The van der Waals surface area contributed by atoms with E-state index in [2.05, 4.69) is 15.5 Å². The summed E-state index contributed by atoms with van der Waals surface area (Å²) >= 11 is 1.41. The fourth-order valence-corrected chi connectivity index (χ4v) is 3.45. The summed E-state index contributed by atoms with van der Waals surface area (Å²) in [6.07, 6.45) is 0. The van der Waals surface area contributed by atoms with Crippen LogP contribution < -0.4 is 5.32 Å². The molecule has 1 N–H and O–H groups in total. The van der Waals surface area contributed by atoms with Gasteiger partial charge in [-0.1, -0.05) is 72.4 Å². The predicted octanol–water partition coefficient (Wildman–Crippen LogP) is 3.84. The maximum absolute atomic E-state index is 12.5. The topological polar surface area (TPSA) is 59.8 Å². The first-order chi connectivity index (χ1) is 12.6. The van der Waals surface area contributed by atoms with E-state index in [4.69, 9.17) is 0 Å². The molecule has 3 rings (SSSR count). The molecule has 26 heavy (non-hydrogen) atoms. The Balaban J connectivity index is 1.65. The Morgan fingerprint density at radius 3 is 2.27 bits per heavy atom. The average Bonchev–Trinajstić information content (AvgIpc) is 3.03. The van der Waals surface area contributed by atoms with Crippen molar-refractivity contribution in [2.45, 2.75) is 30.3 Å². The normalized spacial score (nSPS) is 13.2. The van der Waals surface area contributed by atoms with Gasteiger partial charge in [-0.2, -0.15) is 0 Å². The Morgan fingerprint density at radius 1 is 1.00 bits per heavy atom. The third-order valence-electron chi connectivity index (χ3n) is 4.18. The Labute approximate surface area is 157 Å². The first-order valence-corrected chi connectivity index (χ1v) is 9.41. The fraction of sp³-hybridized carbons (Fsp3) is 0.250. The molecule has 1 amide bonds. The summed E-state index contributed by atoms with van der Waals surface area (Å²) in [5.41, 5.74) is 2.09.